The van der Waals surface area contributed by atoms with Crippen LogP contribution >= 0.6 is 0 Å². The molecule has 0 unspecified atom stereocenters. The highest BCUT2D eigenvalue weighted by molar-refractivity contribution is 7.89. The first kappa shape index (κ1) is 16.6. The van der Waals surface area contributed by atoms with Gasteiger partial charge in [-0.2, -0.15) is 5.10 Å². The minimum absolute atomic E-state index is 0.0596. The Morgan fingerprint density at radius 3 is 2.83 bits per heavy atom. The van der Waals surface area contributed by atoms with Gasteiger partial charge in [0.05, 0.1) is 23.8 Å². The van der Waals surface area contributed by atoms with Crippen molar-refractivity contribution >= 4 is 21.6 Å². The van der Waals surface area contributed by atoms with E-state index in [0.29, 0.717) is 18.7 Å². The van der Waals surface area contributed by atoms with Gasteiger partial charge in [-0.25, -0.2) is 21.8 Å². The van der Waals surface area contributed by atoms with Gasteiger partial charge in [0.25, 0.3) is 0 Å². The molecule has 0 radical (unpaired) electrons. The average molecular weight is 352 g/mol. The third kappa shape index (κ3) is 3.62. The summed E-state index contributed by atoms with van der Waals surface area (Å²) in [5, 5.41) is 6.65. The van der Waals surface area contributed by atoms with Crippen LogP contribution in [0.5, 0.6) is 0 Å². The van der Waals surface area contributed by atoms with Crippen LogP contribution in [0.25, 0.3) is 5.69 Å². The molecule has 1 fully saturated rings. The number of para-hydroxylation sites is 1. The molecule has 0 atom stereocenters. The van der Waals surface area contributed by atoms with E-state index in [1.54, 1.807) is 18.2 Å². The monoisotopic (exact) mass is 352 g/mol. The Kier molecular flexibility index (Phi) is 4.63. The maximum atomic E-state index is 13.7. The van der Waals surface area contributed by atoms with Crippen molar-refractivity contribution in [2.45, 2.75) is 12.8 Å². The Hall–Kier alpha value is -2.26. The summed E-state index contributed by atoms with van der Waals surface area (Å²) in [5.41, 5.74) is 0.702. The molecule has 1 aromatic carbocycles. The van der Waals surface area contributed by atoms with Gasteiger partial charge in [-0.1, -0.05) is 12.1 Å². The van der Waals surface area contributed by atoms with E-state index in [-0.39, 0.29) is 30.3 Å². The molecule has 0 bridgehead atoms. The molecule has 128 valence electrons. The third-order valence-corrected chi connectivity index (χ3v) is 5.71. The summed E-state index contributed by atoms with van der Waals surface area (Å²) in [7, 11) is -3.20. The van der Waals surface area contributed by atoms with Gasteiger partial charge in [0.1, 0.15) is 11.5 Å². The second-order valence-corrected chi connectivity index (χ2v) is 7.58. The Labute approximate surface area is 139 Å². The molecule has 1 aliphatic rings. The lowest BCUT2D eigenvalue weighted by molar-refractivity contribution is -0.116. The number of amides is 1. The second-order valence-electron chi connectivity index (χ2n) is 5.49. The fraction of sp³-hybridized carbons (Fsp3) is 0.333. The predicted octanol–water partition coefficient (Wildman–Crippen LogP) is 1.38. The highest BCUT2D eigenvalue weighted by atomic mass is 32.2. The van der Waals surface area contributed by atoms with Crippen molar-refractivity contribution in [1.82, 2.24) is 14.1 Å². The first-order chi connectivity index (χ1) is 11.5. The Balaban J connectivity index is 1.59. The van der Waals surface area contributed by atoms with Gasteiger partial charge in [0.15, 0.2) is 0 Å². The van der Waals surface area contributed by atoms with E-state index in [1.165, 1.54) is 27.4 Å². The molecule has 3 rings (SSSR count). The van der Waals surface area contributed by atoms with E-state index >= 15 is 0 Å². The van der Waals surface area contributed by atoms with Crippen molar-refractivity contribution in [2.24, 2.45) is 0 Å². The van der Waals surface area contributed by atoms with Gasteiger partial charge in [0.2, 0.25) is 15.9 Å². The Bertz CT molecular complexity index is 850. The number of carbonyl (C=O) groups excluding carboxylic acids is 1. The summed E-state index contributed by atoms with van der Waals surface area (Å²) in [6.07, 6.45) is 3.57. The summed E-state index contributed by atoms with van der Waals surface area (Å²) in [4.78, 5) is 11.9. The van der Waals surface area contributed by atoms with Crippen molar-refractivity contribution in [3.8, 4) is 5.69 Å². The fourth-order valence-electron chi connectivity index (χ4n) is 2.55. The average Bonchev–Trinajstić information content (AvgIpc) is 3.12. The molecule has 7 nitrogen and oxygen atoms in total. The van der Waals surface area contributed by atoms with Crippen molar-refractivity contribution in [2.75, 3.05) is 24.2 Å². The molecular weight excluding hydrogens is 335 g/mol. The number of rotatable bonds is 5. The van der Waals surface area contributed by atoms with Gasteiger partial charge in [-0.05, 0) is 18.6 Å². The molecule has 24 heavy (non-hydrogen) atoms. The largest absolute Gasteiger partial charge is 0.323 e. The maximum absolute atomic E-state index is 13.7. The first-order valence-corrected chi connectivity index (χ1v) is 9.14. The van der Waals surface area contributed by atoms with Crippen LogP contribution in [-0.2, 0) is 14.8 Å². The molecule has 0 aliphatic carbocycles. The van der Waals surface area contributed by atoms with Crippen LogP contribution in [-0.4, -0.2) is 47.3 Å². The SMILES string of the molecule is O=C(CCN1CCCS1(=O)=O)Nc1cnn(-c2ccccc2F)c1. The van der Waals surface area contributed by atoms with Crippen LogP contribution < -0.4 is 5.32 Å². The van der Waals surface area contributed by atoms with E-state index in [2.05, 4.69) is 10.4 Å². The number of halogens is 1. The third-order valence-electron chi connectivity index (χ3n) is 3.76. The zero-order valence-electron chi connectivity index (χ0n) is 12.9. The lowest BCUT2D eigenvalue weighted by atomic mass is 10.3. The molecule has 0 spiro atoms. The number of sulfonamides is 1. The molecule has 0 saturated carbocycles. The number of benzene rings is 1. The van der Waals surface area contributed by atoms with Crippen LogP contribution in [0.3, 0.4) is 0 Å². The minimum atomic E-state index is -3.20. The Morgan fingerprint density at radius 1 is 1.33 bits per heavy atom. The van der Waals surface area contributed by atoms with Crippen molar-refractivity contribution in [1.29, 1.82) is 0 Å². The van der Waals surface area contributed by atoms with Gasteiger partial charge in [-0.15, -0.1) is 0 Å². The lowest BCUT2D eigenvalue weighted by Crippen LogP contribution is -2.29. The molecule has 2 aromatic rings. The predicted molar refractivity (Wildman–Crippen MR) is 86.7 cm³/mol. The summed E-state index contributed by atoms with van der Waals surface area (Å²) in [5.74, 6) is -0.591. The van der Waals surface area contributed by atoms with Crippen molar-refractivity contribution in [3.05, 3.63) is 42.5 Å². The van der Waals surface area contributed by atoms with E-state index in [9.17, 15) is 17.6 Å². The summed E-state index contributed by atoms with van der Waals surface area (Å²) in [6, 6.07) is 6.17. The highest BCUT2D eigenvalue weighted by Gasteiger charge is 2.28. The summed E-state index contributed by atoms with van der Waals surface area (Å²) in [6.45, 7) is 0.621. The Morgan fingerprint density at radius 2 is 2.12 bits per heavy atom. The van der Waals surface area contributed by atoms with Crippen LogP contribution in [0.15, 0.2) is 36.7 Å². The number of nitrogens with one attached hydrogen (secondary N) is 1. The minimum Gasteiger partial charge on any atom is -0.323 e. The number of anilines is 1. The number of aromatic nitrogens is 2. The zero-order chi connectivity index (χ0) is 17.2. The molecule has 9 heteroatoms. The molecule has 1 aromatic heterocycles. The summed E-state index contributed by atoms with van der Waals surface area (Å²) < 4.78 is 39.7. The van der Waals surface area contributed by atoms with E-state index < -0.39 is 15.8 Å². The quantitative estimate of drug-likeness (QED) is 0.881. The van der Waals surface area contributed by atoms with Gasteiger partial charge >= 0.3 is 0 Å². The molecule has 1 aliphatic heterocycles. The molecule has 1 amide bonds. The second kappa shape index (κ2) is 6.70. The summed E-state index contributed by atoms with van der Waals surface area (Å²) >= 11 is 0. The normalized spacial score (nSPS) is 17.0. The van der Waals surface area contributed by atoms with Gasteiger partial charge in [-0.3, -0.25) is 4.79 Å². The molecule has 1 N–H and O–H groups in total. The fourth-order valence-corrected chi connectivity index (χ4v) is 4.08. The maximum Gasteiger partial charge on any atom is 0.225 e. The first-order valence-electron chi connectivity index (χ1n) is 7.53. The van der Waals surface area contributed by atoms with Crippen LogP contribution in [0, 0.1) is 5.82 Å². The van der Waals surface area contributed by atoms with E-state index in [1.807, 2.05) is 0 Å². The number of hydrogen-bond donors (Lipinski definition) is 1. The van der Waals surface area contributed by atoms with Crippen LogP contribution in [0.4, 0.5) is 10.1 Å². The molecule has 1 saturated heterocycles. The van der Waals surface area contributed by atoms with Crippen LogP contribution in [0.1, 0.15) is 12.8 Å². The van der Waals surface area contributed by atoms with E-state index in [0.717, 1.165) is 0 Å². The topological polar surface area (TPSA) is 84.3 Å². The van der Waals surface area contributed by atoms with Gasteiger partial charge in [0, 0.05) is 19.5 Å². The standard InChI is InChI=1S/C15H17FN4O3S/c16-13-4-1-2-5-14(13)20-11-12(10-17-20)18-15(21)6-8-19-7-3-9-24(19,22)23/h1-2,4-5,10-11H,3,6-9H2,(H,18,21). The van der Waals surface area contributed by atoms with E-state index in [4.69, 9.17) is 0 Å². The molecular formula is C15H17FN4O3S. The number of nitrogens with zero attached hydrogens (tertiary/aromatic N) is 3. The smallest absolute Gasteiger partial charge is 0.225 e. The zero-order valence-corrected chi connectivity index (χ0v) is 13.7. The van der Waals surface area contributed by atoms with Crippen molar-refractivity contribution < 1.29 is 17.6 Å². The number of hydrogen-bond acceptors (Lipinski definition) is 4. The van der Waals surface area contributed by atoms with Crippen molar-refractivity contribution in [3.63, 3.8) is 0 Å². The van der Waals surface area contributed by atoms with Crippen LogP contribution in [0.2, 0.25) is 0 Å². The van der Waals surface area contributed by atoms with Gasteiger partial charge < -0.3 is 5.32 Å². The highest BCUT2D eigenvalue weighted by Crippen LogP contribution is 2.16. The lowest BCUT2D eigenvalue weighted by Gasteiger charge is -2.13. The number of carbonyl (C=O) groups is 1. The molecule has 2 heterocycles.